The molecule has 1 aromatic heterocycles. The maximum Gasteiger partial charge on any atom is 0.156 e. The van der Waals surface area contributed by atoms with Crippen LogP contribution in [-0.2, 0) is 6.54 Å². The second kappa shape index (κ2) is 5.99. The molecule has 0 radical (unpaired) electrons. The Balaban J connectivity index is 2.19. The summed E-state index contributed by atoms with van der Waals surface area (Å²) >= 11 is 11.7. The van der Waals surface area contributed by atoms with Crippen molar-refractivity contribution in [3.63, 3.8) is 0 Å². The van der Waals surface area contributed by atoms with E-state index in [4.69, 9.17) is 23.2 Å². The number of carbonyl (C=O) groups is 1. The van der Waals surface area contributed by atoms with Crippen LogP contribution in [0, 0.1) is 6.92 Å². The number of aromatic nitrogens is 2. The summed E-state index contributed by atoms with van der Waals surface area (Å²) in [6.07, 6.45) is 0.645. The largest absolute Gasteiger partial charge is 0.365 e. The molecular weight excluding hydrogens is 285 g/mol. The second-order valence-corrected chi connectivity index (χ2v) is 4.72. The van der Waals surface area contributed by atoms with Crippen LogP contribution < -0.4 is 5.32 Å². The van der Waals surface area contributed by atoms with Crippen molar-refractivity contribution in [1.82, 2.24) is 9.97 Å². The van der Waals surface area contributed by atoms with Gasteiger partial charge in [-0.2, -0.15) is 0 Å². The van der Waals surface area contributed by atoms with Crippen molar-refractivity contribution in [3.8, 4) is 0 Å². The smallest absolute Gasteiger partial charge is 0.156 e. The summed E-state index contributed by atoms with van der Waals surface area (Å²) in [6.45, 7) is 2.23. The number of aryl methyl sites for hydroxylation is 1. The SMILES string of the molecule is Cc1nc(Cl)c(C=O)c(NCc2ccc(Cl)cc2)n1. The molecule has 0 bridgehead atoms. The van der Waals surface area contributed by atoms with Gasteiger partial charge in [-0.05, 0) is 24.6 Å². The summed E-state index contributed by atoms with van der Waals surface area (Å²) in [5.74, 6) is 0.941. The lowest BCUT2D eigenvalue weighted by molar-refractivity contribution is 0.112. The minimum absolute atomic E-state index is 0.154. The Morgan fingerprint density at radius 1 is 1.21 bits per heavy atom. The van der Waals surface area contributed by atoms with Gasteiger partial charge in [0.15, 0.2) is 6.29 Å². The van der Waals surface area contributed by atoms with E-state index in [1.54, 1.807) is 19.1 Å². The maximum atomic E-state index is 11.0. The minimum atomic E-state index is 0.154. The van der Waals surface area contributed by atoms with Crippen LogP contribution in [0.3, 0.4) is 0 Å². The molecule has 2 rings (SSSR count). The summed E-state index contributed by atoms with van der Waals surface area (Å²) < 4.78 is 0. The average molecular weight is 296 g/mol. The van der Waals surface area contributed by atoms with Gasteiger partial charge in [-0.15, -0.1) is 0 Å². The number of nitrogens with one attached hydrogen (secondary N) is 1. The Bertz CT molecular complexity index is 600. The van der Waals surface area contributed by atoms with Gasteiger partial charge in [0, 0.05) is 11.6 Å². The van der Waals surface area contributed by atoms with E-state index in [-0.39, 0.29) is 10.7 Å². The number of carbonyl (C=O) groups excluding carboxylic acids is 1. The summed E-state index contributed by atoms with van der Waals surface area (Å²) in [5.41, 5.74) is 1.29. The average Bonchev–Trinajstić information content (AvgIpc) is 2.37. The Labute approximate surface area is 120 Å². The van der Waals surface area contributed by atoms with Crippen molar-refractivity contribution >= 4 is 35.3 Å². The van der Waals surface area contributed by atoms with E-state index in [0.29, 0.717) is 29.5 Å². The van der Waals surface area contributed by atoms with Crippen molar-refractivity contribution in [2.75, 3.05) is 5.32 Å². The predicted molar refractivity (Wildman–Crippen MR) is 75.9 cm³/mol. The Hall–Kier alpha value is -1.65. The quantitative estimate of drug-likeness (QED) is 0.693. The number of hydrogen-bond donors (Lipinski definition) is 1. The molecule has 6 heteroatoms. The van der Waals surface area contributed by atoms with Crippen LogP contribution in [0.25, 0.3) is 0 Å². The maximum absolute atomic E-state index is 11.0. The lowest BCUT2D eigenvalue weighted by Gasteiger charge is -2.09. The lowest BCUT2D eigenvalue weighted by Crippen LogP contribution is -2.07. The number of hydrogen-bond acceptors (Lipinski definition) is 4. The molecule has 19 heavy (non-hydrogen) atoms. The zero-order valence-corrected chi connectivity index (χ0v) is 11.7. The highest BCUT2D eigenvalue weighted by molar-refractivity contribution is 6.32. The van der Waals surface area contributed by atoms with Gasteiger partial charge in [0.1, 0.15) is 16.8 Å². The normalized spacial score (nSPS) is 10.3. The number of nitrogens with zero attached hydrogens (tertiary/aromatic N) is 2. The van der Waals surface area contributed by atoms with Crippen molar-refractivity contribution < 1.29 is 4.79 Å². The summed E-state index contributed by atoms with van der Waals surface area (Å²) in [4.78, 5) is 19.1. The highest BCUT2D eigenvalue weighted by Gasteiger charge is 2.10. The molecule has 0 spiro atoms. The first kappa shape index (κ1) is 13.8. The van der Waals surface area contributed by atoms with E-state index < -0.39 is 0 Å². The summed E-state index contributed by atoms with van der Waals surface area (Å²) in [5, 5.41) is 3.90. The molecule has 0 saturated heterocycles. The Morgan fingerprint density at radius 3 is 2.53 bits per heavy atom. The van der Waals surface area contributed by atoms with E-state index in [9.17, 15) is 4.79 Å². The van der Waals surface area contributed by atoms with E-state index in [2.05, 4.69) is 15.3 Å². The van der Waals surface area contributed by atoms with Gasteiger partial charge < -0.3 is 5.32 Å². The molecule has 4 nitrogen and oxygen atoms in total. The van der Waals surface area contributed by atoms with E-state index >= 15 is 0 Å². The van der Waals surface area contributed by atoms with E-state index in [0.717, 1.165) is 5.56 Å². The molecule has 0 amide bonds. The van der Waals surface area contributed by atoms with E-state index in [1.165, 1.54) is 0 Å². The fourth-order valence-electron chi connectivity index (χ4n) is 1.57. The minimum Gasteiger partial charge on any atom is -0.365 e. The van der Waals surface area contributed by atoms with Crippen molar-refractivity contribution in [2.45, 2.75) is 13.5 Å². The molecule has 0 aliphatic heterocycles. The molecule has 1 heterocycles. The summed E-state index contributed by atoms with van der Waals surface area (Å²) in [6, 6.07) is 7.39. The van der Waals surface area contributed by atoms with Crippen LogP contribution in [-0.4, -0.2) is 16.3 Å². The fraction of sp³-hybridized carbons (Fsp3) is 0.154. The van der Waals surface area contributed by atoms with Gasteiger partial charge in [0.2, 0.25) is 0 Å². The predicted octanol–water partition coefficient (Wildman–Crippen LogP) is 3.52. The number of anilines is 1. The van der Waals surface area contributed by atoms with Crippen molar-refractivity contribution in [3.05, 3.63) is 51.4 Å². The van der Waals surface area contributed by atoms with Crippen LogP contribution in [0.5, 0.6) is 0 Å². The Kier molecular flexibility index (Phi) is 4.35. The first-order valence-corrected chi connectivity index (χ1v) is 6.33. The lowest BCUT2D eigenvalue weighted by atomic mass is 10.2. The molecule has 0 fully saturated rings. The third-order valence-electron chi connectivity index (χ3n) is 2.50. The van der Waals surface area contributed by atoms with Crippen LogP contribution >= 0.6 is 23.2 Å². The third-order valence-corrected chi connectivity index (χ3v) is 3.04. The molecule has 1 aromatic carbocycles. The summed E-state index contributed by atoms with van der Waals surface area (Å²) in [7, 11) is 0. The van der Waals surface area contributed by atoms with Crippen molar-refractivity contribution in [2.24, 2.45) is 0 Å². The molecule has 0 atom stereocenters. The van der Waals surface area contributed by atoms with Gasteiger partial charge in [0.05, 0.1) is 5.56 Å². The first-order valence-electron chi connectivity index (χ1n) is 5.58. The Morgan fingerprint density at radius 2 is 1.89 bits per heavy atom. The number of benzene rings is 1. The molecule has 0 aliphatic rings. The monoisotopic (exact) mass is 295 g/mol. The fourth-order valence-corrected chi connectivity index (χ4v) is 1.96. The van der Waals surface area contributed by atoms with Gasteiger partial charge in [-0.25, -0.2) is 9.97 Å². The van der Waals surface area contributed by atoms with Gasteiger partial charge in [-0.1, -0.05) is 35.3 Å². The number of aldehydes is 1. The van der Waals surface area contributed by atoms with Crippen molar-refractivity contribution in [1.29, 1.82) is 0 Å². The molecule has 0 aliphatic carbocycles. The van der Waals surface area contributed by atoms with Crippen LogP contribution in [0.1, 0.15) is 21.7 Å². The molecule has 1 N–H and O–H groups in total. The molecule has 98 valence electrons. The molecular formula is C13H11Cl2N3O. The third kappa shape index (κ3) is 3.43. The number of halogens is 2. The standard InChI is InChI=1S/C13H11Cl2N3O/c1-8-17-12(15)11(7-19)13(18-8)16-6-9-2-4-10(14)5-3-9/h2-5,7H,6H2,1H3,(H,16,17,18). The highest BCUT2D eigenvalue weighted by Crippen LogP contribution is 2.20. The first-order chi connectivity index (χ1) is 9.10. The van der Waals surface area contributed by atoms with Crippen LogP contribution in [0.2, 0.25) is 10.2 Å². The highest BCUT2D eigenvalue weighted by atomic mass is 35.5. The molecule has 0 unspecified atom stereocenters. The molecule has 2 aromatic rings. The van der Waals surface area contributed by atoms with Gasteiger partial charge in [0.25, 0.3) is 0 Å². The molecule has 0 saturated carbocycles. The number of rotatable bonds is 4. The topological polar surface area (TPSA) is 54.9 Å². The second-order valence-electron chi connectivity index (χ2n) is 3.92. The van der Waals surface area contributed by atoms with E-state index in [1.807, 2.05) is 12.1 Å². The zero-order chi connectivity index (χ0) is 13.8. The van der Waals surface area contributed by atoms with Crippen LogP contribution in [0.4, 0.5) is 5.82 Å². The van der Waals surface area contributed by atoms with Gasteiger partial charge >= 0.3 is 0 Å². The zero-order valence-electron chi connectivity index (χ0n) is 10.2. The van der Waals surface area contributed by atoms with Crippen LogP contribution in [0.15, 0.2) is 24.3 Å². The van der Waals surface area contributed by atoms with Gasteiger partial charge in [-0.3, -0.25) is 4.79 Å².